The van der Waals surface area contributed by atoms with Crippen molar-refractivity contribution in [3.63, 3.8) is 0 Å². The highest BCUT2D eigenvalue weighted by Crippen LogP contribution is 2.32. The van der Waals surface area contributed by atoms with Crippen molar-refractivity contribution in [1.29, 1.82) is 0 Å². The zero-order valence-electron chi connectivity index (χ0n) is 15.9. The summed E-state index contributed by atoms with van der Waals surface area (Å²) in [6.07, 6.45) is 0.796. The fourth-order valence-corrected chi connectivity index (χ4v) is 2.84. The molecule has 0 saturated carbocycles. The molecule has 0 fully saturated rings. The molecule has 1 unspecified atom stereocenters. The Kier molecular flexibility index (Phi) is 6.93. The number of aliphatic imine (C=N–C) groups is 1. The monoisotopic (exact) mass is 369 g/mol. The Morgan fingerprint density at radius 1 is 1.11 bits per heavy atom. The summed E-state index contributed by atoms with van der Waals surface area (Å²) in [4.78, 5) is 4.68. The lowest BCUT2D eigenvalue weighted by atomic mass is 10.1. The number of nitrogens with one attached hydrogen (secondary N) is 2. The minimum atomic E-state index is -0.0922. The van der Waals surface area contributed by atoms with E-state index in [-0.39, 0.29) is 6.10 Å². The lowest BCUT2D eigenvalue weighted by molar-refractivity contribution is 0.111. The van der Waals surface area contributed by atoms with Crippen LogP contribution in [0.3, 0.4) is 0 Å². The summed E-state index contributed by atoms with van der Waals surface area (Å²) in [5.74, 6) is 2.24. The number of hydrogen-bond donors (Lipinski definition) is 2. The van der Waals surface area contributed by atoms with Crippen molar-refractivity contribution < 1.29 is 14.2 Å². The lowest BCUT2D eigenvalue weighted by Gasteiger charge is -2.16. The third kappa shape index (κ3) is 5.37. The van der Waals surface area contributed by atoms with Crippen LogP contribution < -0.4 is 20.1 Å². The molecule has 0 amide bonds. The highest BCUT2D eigenvalue weighted by Gasteiger charge is 2.13. The van der Waals surface area contributed by atoms with Crippen LogP contribution in [0.4, 0.5) is 5.69 Å². The number of methoxy groups -OCH3 is 1. The van der Waals surface area contributed by atoms with Crippen LogP contribution in [0.5, 0.6) is 11.5 Å². The van der Waals surface area contributed by atoms with E-state index >= 15 is 0 Å². The average molecular weight is 369 g/mol. The van der Waals surface area contributed by atoms with Gasteiger partial charge in [0.05, 0.1) is 19.8 Å². The third-order valence-electron chi connectivity index (χ3n) is 4.23. The summed E-state index contributed by atoms with van der Waals surface area (Å²) in [7, 11) is 1.71. The molecule has 0 aromatic heterocycles. The smallest absolute Gasteiger partial charge is 0.195 e. The summed E-state index contributed by atoms with van der Waals surface area (Å²) in [5.41, 5.74) is 2.00. The van der Waals surface area contributed by atoms with Crippen molar-refractivity contribution in [3.8, 4) is 11.5 Å². The molecule has 0 spiro atoms. The van der Waals surface area contributed by atoms with Gasteiger partial charge in [0.1, 0.15) is 6.10 Å². The summed E-state index contributed by atoms with van der Waals surface area (Å²) in [5, 5.41) is 6.59. The SMILES string of the molecule is CCNC(=NCC(OC)c1ccccc1)Nc1ccc2c(c1)OCCCO2. The number of ether oxygens (including phenoxy) is 3. The first kappa shape index (κ1) is 19.0. The van der Waals surface area contributed by atoms with Crippen molar-refractivity contribution in [2.75, 3.05) is 38.7 Å². The molecule has 0 aliphatic carbocycles. The molecule has 1 aliphatic rings. The minimum absolute atomic E-state index is 0.0922. The zero-order valence-corrected chi connectivity index (χ0v) is 15.9. The molecule has 0 bridgehead atoms. The van der Waals surface area contributed by atoms with Crippen LogP contribution in [0.1, 0.15) is 25.0 Å². The van der Waals surface area contributed by atoms with Crippen LogP contribution in [0.2, 0.25) is 0 Å². The van der Waals surface area contributed by atoms with E-state index in [0.29, 0.717) is 25.7 Å². The molecule has 6 nitrogen and oxygen atoms in total. The Morgan fingerprint density at radius 2 is 1.89 bits per heavy atom. The van der Waals surface area contributed by atoms with Gasteiger partial charge in [-0.05, 0) is 24.6 Å². The van der Waals surface area contributed by atoms with Gasteiger partial charge in [-0.3, -0.25) is 0 Å². The summed E-state index contributed by atoms with van der Waals surface area (Å²) in [6, 6.07) is 15.9. The Bertz CT molecular complexity index is 750. The quantitative estimate of drug-likeness (QED) is 0.602. The zero-order chi connectivity index (χ0) is 18.9. The molecular formula is C21H27N3O3. The molecule has 144 valence electrons. The molecule has 0 radical (unpaired) electrons. The van der Waals surface area contributed by atoms with Gasteiger partial charge in [0.25, 0.3) is 0 Å². The maximum Gasteiger partial charge on any atom is 0.195 e. The second-order valence-corrected chi connectivity index (χ2v) is 6.19. The van der Waals surface area contributed by atoms with Crippen molar-refractivity contribution in [2.24, 2.45) is 4.99 Å². The molecule has 0 saturated heterocycles. The van der Waals surface area contributed by atoms with Crippen LogP contribution in [0.25, 0.3) is 0 Å². The van der Waals surface area contributed by atoms with Gasteiger partial charge in [0.2, 0.25) is 0 Å². The Labute approximate surface area is 160 Å². The van der Waals surface area contributed by atoms with E-state index in [0.717, 1.165) is 35.7 Å². The van der Waals surface area contributed by atoms with Crippen molar-refractivity contribution in [3.05, 3.63) is 54.1 Å². The highest BCUT2D eigenvalue weighted by atomic mass is 16.5. The van der Waals surface area contributed by atoms with Gasteiger partial charge in [0.15, 0.2) is 17.5 Å². The minimum Gasteiger partial charge on any atom is -0.490 e. The Hall–Kier alpha value is -2.73. The molecule has 6 heteroatoms. The van der Waals surface area contributed by atoms with Crippen LogP contribution in [-0.2, 0) is 4.74 Å². The first-order chi connectivity index (χ1) is 13.3. The standard InChI is InChI=1S/C21H27N3O3/c1-3-22-21(23-15-20(25-2)16-8-5-4-6-9-16)24-17-10-11-18-19(14-17)27-13-7-12-26-18/h4-6,8-11,14,20H,3,7,12-13,15H2,1-2H3,(H2,22,23,24). The number of benzene rings is 2. The second kappa shape index (κ2) is 9.83. The second-order valence-electron chi connectivity index (χ2n) is 6.19. The third-order valence-corrected chi connectivity index (χ3v) is 4.23. The predicted octanol–water partition coefficient (Wildman–Crippen LogP) is 3.61. The number of anilines is 1. The van der Waals surface area contributed by atoms with Gasteiger partial charge in [-0.15, -0.1) is 0 Å². The first-order valence-electron chi connectivity index (χ1n) is 9.33. The topological polar surface area (TPSA) is 64.1 Å². The van der Waals surface area contributed by atoms with Gasteiger partial charge in [-0.2, -0.15) is 0 Å². The maximum absolute atomic E-state index is 5.76. The van der Waals surface area contributed by atoms with Gasteiger partial charge < -0.3 is 24.8 Å². The molecular weight excluding hydrogens is 342 g/mol. The fraction of sp³-hybridized carbons (Fsp3) is 0.381. The van der Waals surface area contributed by atoms with E-state index in [4.69, 9.17) is 14.2 Å². The van der Waals surface area contributed by atoms with Gasteiger partial charge in [-0.25, -0.2) is 4.99 Å². The summed E-state index contributed by atoms with van der Waals surface area (Å²) in [6.45, 7) is 4.66. The van der Waals surface area contributed by atoms with Gasteiger partial charge in [-0.1, -0.05) is 30.3 Å². The van der Waals surface area contributed by atoms with E-state index in [1.165, 1.54) is 0 Å². The molecule has 1 heterocycles. The maximum atomic E-state index is 5.76. The molecule has 2 N–H and O–H groups in total. The van der Waals surface area contributed by atoms with Gasteiger partial charge in [0, 0.05) is 31.8 Å². The van der Waals surface area contributed by atoms with Crippen LogP contribution in [0.15, 0.2) is 53.5 Å². The number of nitrogens with zero attached hydrogens (tertiary/aromatic N) is 1. The Balaban J connectivity index is 1.71. The van der Waals surface area contributed by atoms with E-state index in [9.17, 15) is 0 Å². The molecule has 1 aliphatic heterocycles. The van der Waals surface area contributed by atoms with Crippen molar-refractivity contribution >= 4 is 11.6 Å². The van der Waals surface area contributed by atoms with E-state index < -0.39 is 0 Å². The number of fused-ring (bicyclic) bond motifs is 1. The predicted molar refractivity (Wildman–Crippen MR) is 108 cm³/mol. The van der Waals surface area contributed by atoms with Crippen molar-refractivity contribution in [1.82, 2.24) is 5.32 Å². The van der Waals surface area contributed by atoms with Crippen LogP contribution in [0, 0.1) is 0 Å². The van der Waals surface area contributed by atoms with E-state index in [1.54, 1.807) is 7.11 Å². The summed E-state index contributed by atoms with van der Waals surface area (Å²) < 4.78 is 17.0. The molecule has 2 aromatic carbocycles. The van der Waals surface area contributed by atoms with E-state index in [1.807, 2.05) is 55.5 Å². The normalized spacial score (nSPS) is 15.0. The first-order valence-corrected chi connectivity index (χ1v) is 9.33. The number of hydrogen-bond acceptors (Lipinski definition) is 4. The lowest BCUT2D eigenvalue weighted by Crippen LogP contribution is -2.31. The van der Waals surface area contributed by atoms with E-state index in [2.05, 4.69) is 15.6 Å². The molecule has 3 rings (SSSR count). The number of rotatable bonds is 6. The van der Waals surface area contributed by atoms with Crippen molar-refractivity contribution in [2.45, 2.75) is 19.4 Å². The average Bonchev–Trinajstić information content (AvgIpc) is 2.94. The van der Waals surface area contributed by atoms with Crippen LogP contribution >= 0.6 is 0 Å². The molecule has 2 aromatic rings. The Morgan fingerprint density at radius 3 is 2.63 bits per heavy atom. The fourth-order valence-electron chi connectivity index (χ4n) is 2.84. The van der Waals surface area contributed by atoms with Crippen LogP contribution in [-0.4, -0.2) is 39.4 Å². The van der Waals surface area contributed by atoms with Gasteiger partial charge >= 0.3 is 0 Å². The molecule has 1 atom stereocenters. The molecule has 27 heavy (non-hydrogen) atoms. The largest absolute Gasteiger partial charge is 0.490 e. The highest BCUT2D eigenvalue weighted by molar-refractivity contribution is 5.93. The number of guanidine groups is 1. The summed E-state index contributed by atoms with van der Waals surface area (Å²) >= 11 is 0.